The van der Waals surface area contributed by atoms with Crippen LogP contribution in [0, 0.1) is 0 Å². The summed E-state index contributed by atoms with van der Waals surface area (Å²) in [6.07, 6.45) is 0. The summed E-state index contributed by atoms with van der Waals surface area (Å²) in [6, 6.07) is 103. The summed E-state index contributed by atoms with van der Waals surface area (Å²) in [5, 5.41) is 4.92. The highest BCUT2D eigenvalue weighted by Crippen LogP contribution is 2.73. The Labute approximate surface area is 404 Å². The highest BCUT2D eigenvalue weighted by atomic mass is 32.3. The van der Waals surface area contributed by atoms with Gasteiger partial charge in [-0.2, -0.15) is 0 Å². The third kappa shape index (κ3) is 6.81. The van der Waals surface area contributed by atoms with Gasteiger partial charge in [-0.3, -0.25) is 0 Å². The van der Waals surface area contributed by atoms with Gasteiger partial charge in [-0.1, -0.05) is 170 Å². The molecule has 0 atom stereocenters. The molecule has 0 unspecified atom stereocenters. The van der Waals surface area contributed by atoms with Crippen molar-refractivity contribution in [2.75, 3.05) is 0 Å². The topological polar surface area (TPSA) is 9.86 Å². The van der Waals surface area contributed by atoms with Gasteiger partial charge in [0.2, 0.25) is 0 Å². The molecule has 0 aliphatic heterocycles. The third-order valence-corrected chi connectivity index (χ3v) is 17.7. The van der Waals surface area contributed by atoms with Crippen LogP contribution in [0.4, 0.5) is 0 Å². The van der Waals surface area contributed by atoms with E-state index < -0.39 is 10.0 Å². The fraction of sp³-hybridized carbons (Fsp3) is 0. The van der Waals surface area contributed by atoms with Crippen molar-refractivity contribution in [2.45, 2.75) is 19.6 Å². The molecule has 11 aromatic carbocycles. The normalized spacial score (nSPS) is 12.0. The molecular formula is C66H46N2S. The Balaban J connectivity index is 1.11. The van der Waals surface area contributed by atoms with E-state index in [4.69, 9.17) is 0 Å². The molecule has 0 N–H and O–H groups in total. The number of aromatic nitrogens is 2. The van der Waals surface area contributed by atoms with Crippen molar-refractivity contribution in [1.29, 1.82) is 0 Å². The lowest BCUT2D eigenvalue weighted by atomic mass is 9.93. The molecule has 0 aliphatic carbocycles. The minimum Gasteiger partial charge on any atom is -0.309 e. The zero-order valence-corrected chi connectivity index (χ0v) is 38.7. The molecule has 2 aromatic heterocycles. The molecule has 0 saturated carbocycles. The summed E-state index contributed by atoms with van der Waals surface area (Å²) in [6.45, 7) is 0. The zero-order valence-electron chi connectivity index (χ0n) is 37.9. The molecule has 0 fully saturated rings. The first-order chi connectivity index (χ1) is 34.2. The monoisotopic (exact) mass is 898 g/mol. The van der Waals surface area contributed by atoms with Gasteiger partial charge in [0.05, 0.1) is 22.1 Å². The standard InChI is InChI=1S/C66H46N2S/c1-6-22-47(23-7-1)49-40-50(48-24-8-2-9-25-48)42-51(41-49)52-43-53(67-63-35-19-16-32-59(63)60-33-17-20-36-64(60)67)45-54(44-52)68-65-37-21-18-34-61(65)62-46-58(38-39-66(62)68)69(55-26-10-3-11-27-55,56-28-12-4-13-29-56)57-30-14-5-15-31-57/h1-46H. The first-order valence-electron chi connectivity index (χ1n) is 23.6. The zero-order chi connectivity index (χ0) is 45.7. The second kappa shape index (κ2) is 16.9. The average Bonchev–Trinajstić information content (AvgIpc) is 3.95. The van der Waals surface area contributed by atoms with Crippen LogP contribution in [0.5, 0.6) is 0 Å². The van der Waals surface area contributed by atoms with Crippen LogP contribution in [0.2, 0.25) is 0 Å². The van der Waals surface area contributed by atoms with Crippen molar-refractivity contribution in [3.63, 3.8) is 0 Å². The Kier molecular flexibility index (Phi) is 9.96. The van der Waals surface area contributed by atoms with Crippen molar-refractivity contribution >= 4 is 53.6 Å². The van der Waals surface area contributed by atoms with Gasteiger partial charge in [-0.15, -0.1) is 10.0 Å². The van der Waals surface area contributed by atoms with Gasteiger partial charge in [0, 0.05) is 52.5 Å². The van der Waals surface area contributed by atoms with E-state index in [0.29, 0.717) is 0 Å². The van der Waals surface area contributed by atoms with Crippen molar-refractivity contribution in [3.05, 3.63) is 279 Å². The molecule has 3 heteroatoms. The van der Waals surface area contributed by atoms with E-state index in [1.807, 2.05) is 0 Å². The van der Waals surface area contributed by atoms with Gasteiger partial charge in [0.1, 0.15) is 0 Å². The maximum Gasteiger partial charge on any atom is 0.0541 e. The molecule has 0 saturated heterocycles. The predicted octanol–water partition coefficient (Wildman–Crippen LogP) is 18.2. The fourth-order valence-electron chi connectivity index (χ4n) is 10.7. The number of rotatable bonds is 9. The fourth-order valence-corrected chi connectivity index (χ4v) is 14.6. The Hall–Kier alpha value is -8.63. The predicted molar refractivity (Wildman–Crippen MR) is 291 cm³/mol. The number of nitrogens with zero attached hydrogens (tertiary/aromatic N) is 2. The molecule has 0 aliphatic rings. The molecule has 0 radical (unpaired) electrons. The summed E-state index contributed by atoms with van der Waals surface area (Å²) in [5.74, 6) is 0. The molecule has 326 valence electrons. The van der Waals surface area contributed by atoms with Crippen molar-refractivity contribution < 1.29 is 0 Å². The van der Waals surface area contributed by atoms with Crippen LogP contribution in [-0.2, 0) is 0 Å². The number of hydrogen-bond acceptors (Lipinski definition) is 0. The summed E-state index contributed by atoms with van der Waals surface area (Å²) < 4.78 is 4.96. The number of fused-ring (bicyclic) bond motifs is 6. The van der Waals surface area contributed by atoms with Crippen LogP contribution in [0.15, 0.2) is 299 Å². The van der Waals surface area contributed by atoms with E-state index in [2.05, 4.69) is 288 Å². The maximum absolute atomic E-state index is 2.50. The van der Waals surface area contributed by atoms with E-state index in [1.165, 1.54) is 74.4 Å². The second-order valence-corrected chi connectivity index (χ2v) is 20.8. The van der Waals surface area contributed by atoms with Crippen molar-refractivity contribution in [1.82, 2.24) is 9.13 Å². The lowest BCUT2D eigenvalue weighted by Gasteiger charge is -2.42. The molecule has 0 spiro atoms. The van der Waals surface area contributed by atoms with Crippen LogP contribution in [0.1, 0.15) is 0 Å². The molecule has 2 nitrogen and oxygen atoms in total. The lowest BCUT2D eigenvalue weighted by molar-refractivity contribution is 1.13. The van der Waals surface area contributed by atoms with Gasteiger partial charge >= 0.3 is 0 Å². The molecule has 13 rings (SSSR count). The van der Waals surface area contributed by atoms with Crippen LogP contribution >= 0.6 is 10.0 Å². The lowest BCUT2D eigenvalue weighted by Crippen LogP contribution is -2.05. The van der Waals surface area contributed by atoms with E-state index in [-0.39, 0.29) is 0 Å². The number of hydrogen-bond donors (Lipinski definition) is 0. The smallest absolute Gasteiger partial charge is 0.0541 e. The molecule has 0 amide bonds. The highest BCUT2D eigenvalue weighted by molar-refractivity contribution is 8.34. The Morgan fingerprint density at radius 2 is 0.522 bits per heavy atom. The van der Waals surface area contributed by atoms with E-state index in [0.717, 1.165) is 33.5 Å². The first kappa shape index (κ1) is 40.6. The van der Waals surface area contributed by atoms with Gasteiger partial charge in [0.25, 0.3) is 0 Å². The molecule has 0 bridgehead atoms. The molecule has 13 aromatic rings. The van der Waals surface area contributed by atoms with Crippen molar-refractivity contribution in [3.8, 4) is 44.8 Å². The maximum atomic E-state index is 2.50. The average molecular weight is 899 g/mol. The minimum absolute atomic E-state index is 1.10. The third-order valence-electron chi connectivity index (χ3n) is 13.8. The first-order valence-corrected chi connectivity index (χ1v) is 25.3. The number of benzene rings is 11. The van der Waals surface area contributed by atoms with Gasteiger partial charge in [-0.25, -0.2) is 0 Å². The largest absolute Gasteiger partial charge is 0.309 e. The van der Waals surface area contributed by atoms with E-state index in [1.54, 1.807) is 0 Å². The Bertz CT molecular complexity index is 3780. The Morgan fingerprint density at radius 1 is 0.203 bits per heavy atom. The van der Waals surface area contributed by atoms with Gasteiger partial charge in [0.15, 0.2) is 0 Å². The van der Waals surface area contributed by atoms with Crippen molar-refractivity contribution in [2.24, 2.45) is 0 Å². The Morgan fingerprint density at radius 3 is 0.942 bits per heavy atom. The van der Waals surface area contributed by atoms with Gasteiger partial charge in [-0.05, 0) is 143 Å². The number of para-hydroxylation sites is 3. The molecule has 69 heavy (non-hydrogen) atoms. The molecular weight excluding hydrogens is 853 g/mol. The summed E-state index contributed by atoms with van der Waals surface area (Å²) in [5.41, 5.74) is 13.9. The van der Waals surface area contributed by atoms with Crippen LogP contribution in [-0.4, -0.2) is 9.13 Å². The van der Waals surface area contributed by atoms with Crippen LogP contribution in [0.25, 0.3) is 88.4 Å². The van der Waals surface area contributed by atoms with Gasteiger partial charge < -0.3 is 9.13 Å². The quantitative estimate of drug-likeness (QED) is 0.137. The second-order valence-electron chi connectivity index (χ2n) is 17.7. The van der Waals surface area contributed by atoms with E-state index in [9.17, 15) is 0 Å². The highest BCUT2D eigenvalue weighted by Gasteiger charge is 2.34. The van der Waals surface area contributed by atoms with Crippen LogP contribution in [0.3, 0.4) is 0 Å². The summed E-state index contributed by atoms with van der Waals surface area (Å²) in [4.78, 5) is 5.22. The van der Waals surface area contributed by atoms with E-state index >= 15 is 0 Å². The summed E-state index contributed by atoms with van der Waals surface area (Å²) in [7, 11) is -1.91. The summed E-state index contributed by atoms with van der Waals surface area (Å²) >= 11 is 0. The molecule has 2 heterocycles. The SMILES string of the molecule is c1ccc(-c2cc(-c3ccccc3)cc(-c3cc(-n4c5ccccc5c5ccccc54)cc(-n4c5ccccc5c5cc(S(c6ccccc6)(c6ccccc6)c6ccccc6)ccc54)c3)c2)cc1. The van der Waals surface area contributed by atoms with Crippen LogP contribution < -0.4 is 0 Å². The minimum atomic E-state index is -1.91.